The van der Waals surface area contributed by atoms with Crippen molar-refractivity contribution in [2.75, 3.05) is 7.11 Å². The van der Waals surface area contributed by atoms with E-state index in [1.54, 1.807) is 13.4 Å². The summed E-state index contributed by atoms with van der Waals surface area (Å²) in [4.78, 5) is 7.01. The molecule has 2 aromatic rings. The zero-order chi connectivity index (χ0) is 12.6. The minimum Gasteiger partial charge on any atom is -0.497 e. The fourth-order valence-electron chi connectivity index (χ4n) is 1.82. The van der Waals surface area contributed by atoms with Gasteiger partial charge in [-0.2, -0.15) is 0 Å². The molecule has 0 radical (unpaired) electrons. The molecule has 0 saturated carbocycles. The normalized spacial score (nSPS) is 10.9. The van der Waals surface area contributed by atoms with Crippen LogP contribution in [-0.2, 0) is 6.42 Å². The Kier molecular flexibility index (Phi) is 4.59. The van der Waals surface area contributed by atoms with E-state index in [-0.39, 0.29) is 0 Å². The Morgan fingerprint density at radius 3 is 3.11 bits per heavy atom. The Balaban J connectivity index is 1.75. The van der Waals surface area contributed by atoms with E-state index >= 15 is 0 Å². The van der Waals surface area contributed by atoms with E-state index in [9.17, 15) is 0 Å². The van der Waals surface area contributed by atoms with Gasteiger partial charge in [0.15, 0.2) is 0 Å². The molecule has 0 saturated heterocycles. The van der Waals surface area contributed by atoms with Gasteiger partial charge in [-0.3, -0.25) is 0 Å². The molecule has 0 atom stereocenters. The summed E-state index contributed by atoms with van der Waals surface area (Å²) in [7, 11) is 1.70. The number of ether oxygens (including phenoxy) is 1. The van der Waals surface area contributed by atoms with Crippen molar-refractivity contribution in [1.29, 1.82) is 0 Å². The summed E-state index contributed by atoms with van der Waals surface area (Å²) < 4.78 is 5.21. The molecule has 1 heterocycles. The highest BCUT2D eigenvalue weighted by molar-refractivity contribution is 5.42. The number of aromatic amines is 1. The minimum atomic E-state index is 0.931. The molecule has 0 amide bonds. The second-order valence-electron chi connectivity index (χ2n) is 4.15. The van der Waals surface area contributed by atoms with Crippen molar-refractivity contribution >= 4 is 6.08 Å². The summed E-state index contributed by atoms with van der Waals surface area (Å²) in [6, 6.07) is 8.25. The average Bonchev–Trinajstić information content (AvgIpc) is 2.92. The molecule has 0 bridgehead atoms. The summed E-state index contributed by atoms with van der Waals surface area (Å²) in [5.74, 6) is 0.931. The summed E-state index contributed by atoms with van der Waals surface area (Å²) in [6.07, 6.45) is 11.0. The Morgan fingerprint density at radius 2 is 2.33 bits per heavy atom. The predicted octanol–water partition coefficient (Wildman–Crippen LogP) is 3.45. The quantitative estimate of drug-likeness (QED) is 0.788. The maximum absolute atomic E-state index is 5.21. The van der Waals surface area contributed by atoms with Crippen LogP contribution in [0.4, 0.5) is 0 Å². The second kappa shape index (κ2) is 6.64. The highest BCUT2D eigenvalue weighted by Crippen LogP contribution is 2.14. The molecular formula is C15H18N2O. The first-order chi connectivity index (χ1) is 8.88. The van der Waals surface area contributed by atoms with Gasteiger partial charge >= 0.3 is 0 Å². The summed E-state index contributed by atoms with van der Waals surface area (Å²) in [5.41, 5.74) is 2.38. The number of allylic oxidation sites excluding steroid dienone is 1. The van der Waals surface area contributed by atoms with E-state index in [0.29, 0.717) is 0 Å². The topological polar surface area (TPSA) is 37.9 Å². The summed E-state index contributed by atoms with van der Waals surface area (Å²) >= 11 is 0. The van der Waals surface area contributed by atoms with Crippen LogP contribution in [0.1, 0.15) is 24.1 Å². The van der Waals surface area contributed by atoms with Crippen molar-refractivity contribution in [3.63, 3.8) is 0 Å². The molecule has 2 rings (SSSR count). The number of imidazole rings is 1. The smallest absolute Gasteiger partial charge is 0.119 e. The molecule has 1 N–H and O–H groups in total. The molecule has 0 aliphatic rings. The Morgan fingerprint density at radius 1 is 1.39 bits per heavy atom. The largest absolute Gasteiger partial charge is 0.497 e. The number of methoxy groups -OCH3 is 1. The van der Waals surface area contributed by atoms with Crippen molar-refractivity contribution in [2.45, 2.75) is 19.3 Å². The van der Waals surface area contributed by atoms with E-state index in [2.05, 4.69) is 34.3 Å². The van der Waals surface area contributed by atoms with Gasteiger partial charge in [0, 0.05) is 0 Å². The number of hydrogen-bond donors (Lipinski definition) is 1. The molecule has 18 heavy (non-hydrogen) atoms. The second-order valence-corrected chi connectivity index (χ2v) is 4.15. The first kappa shape index (κ1) is 12.4. The monoisotopic (exact) mass is 242 g/mol. The maximum atomic E-state index is 5.21. The Labute approximate surface area is 108 Å². The number of nitrogens with zero attached hydrogens (tertiary/aromatic N) is 1. The summed E-state index contributed by atoms with van der Waals surface area (Å²) in [5, 5.41) is 0. The van der Waals surface area contributed by atoms with Crippen LogP contribution in [-0.4, -0.2) is 17.1 Å². The van der Waals surface area contributed by atoms with Crippen molar-refractivity contribution < 1.29 is 4.74 Å². The zero-order valence-corrected chi connectivity index (χ0v) is 10.6. The van der Waals surface area contributed by atoms with E-state index in [1.165, 1.54) is 5.56 Å². The van der Waals surface area contributed by atoms with Crippen molar-refractivity contribution in [3.05, 3.63) is 54.1 Å². The number of aromatic nitrogens is 2. The van der Waals surface area contributed by atoms with Crippen LogP contribution in [0.25, 0.3) is 6.08 Å². The third-order valence-corrected chi connectivity index (χ3v) is 2.79. The summed E-state index contributed by atoms with van der Waals surface area (Å²) in [6.45, 7) is 0. The molecule has 3 nitrogen and oxygen atoms in total. The van der Waals surface area contributed by atoms with Crippen LogP contribution in [0.15, 0.2) is 42.9 Å². The lowest BCUT2D eigenvalue weighted by atomic mass is 10.1. The number of H-pyrrole nitrogens is 1. The lowest BCUT2D eigenvalue weighted by Crippen LogP contribution is -1.87. The van der Waals surface area contributed by atoms with Gasteiger partial charge in [0.05, 0.1) is 25.3 Å². The fourth-order valence-corrected chi connectivity index (χ4v) is 1.82. The van der Waals surface area contributed by atoms with E-state index in [1.807, 2.05) is 18.3 Å². The zero-order valence-electron chi connectivity index (χ0n) is 10.6. The van der Waals surface area contributed by atoms with Crippen LogP contribution >= 0.6 is 0 Å². The van der Waals surface area contributed by atoms with Crippen molar-refractivity contribution in [1.82, 2.24) is 9.97 Å². The van der Waals surface area contributed by atoms with Gasteiger partial charge < -0.3 is 9.72 Å². The van der Waals surface area contributed by atoms with Gasteiger partial charge in [-0.1, -0.05) is 18.2 Å². The Bertz CT molecular complexity index is 489. The van der Waals surface area contributed by atoms with E-state index in [4.69, 9.17) is 4.74 Å². The molecular weight excluding hydrogens is 224 g/mol. The predicted molar refractivity (Wildman–Crippen MR) is 73.6 cm³/mol. The standard InChI is InChI=1S/C15H18N2O/c1-18-15-9-5-7-13(10-15)6-3-2-4-8-14-11-16-12-17-14/h4-5,7-12H,2-3,6H2,1H3,(H,16,17). The molecule has 1 aromatic carbocycles. The average molecular weight is 242 g/mol. The van der Waals surface area contributed by atoms with E-state index in [0.717, 1.165) is 30.7 Å². The first-order valence-electron chi connectivity index (χ1n) is 6.16. The lowest BCUT2D eigenvalue weighted by molar-refractivity contribution is 0.414. The van der Waals surface area contributed by atoms with Crippen molar-refractivity contribution in [3.8, 4) is 5.75 Å². The number of benzene rings is 1. The van der Waals surface area contributed by atoms with Crippen LogP contribution < -0.4 is 4.74 Å². The highest BCUT2D eigenvalue weighted by Gasteiger charge is 1.95. The van der Waals surface area contributed by atoms with Gasteiger partial charge in [-0.15, -0.1) is 0 Å². The lowest BCUT2D eigenvalue weighted by Gasteiger charge is -2.03. The first-order valence-corrected chi connectivity index (χ1v) is 6.16. The molecule has 1 aromatic heterocycles. The molecule has 0 unspecified atom stereocenters. The van der Waals surface area contributed by atoms with E-state index < -0.39 is 0 Å². The Hall–Kier alpha value is -2.03. The number of rotatable bonds is 6. The minimum absolute atomic E-state index is 0.931. The molecule has 0 fully saturated rings. The number of nitrogens with one attached hydrogen (secondary N) is 1. The molecule has 94 valence electrons. The van der Waals surface area contributed by atoms with Gasteiger partial charge in [0.2, 0.25) is 0 Å². The highest BCUT2D eigenvalue weighted by atomic mass is 16.5. The maximum Gasteiger partial charge on any atom is 0.119 e. The van der Waals surface area contributed by atoms with Crippen LogP contribution in [0, 0.1) is 0 Å². The van der Waals surface area contributed by atoms with Crippen molar-refractivity contribution in [2.24, 2.45) is 0 Å². The molecule has 3 heteroatoms. The van der Waals surface area contributed by atoms with Gasteiger partial charge in [-0.05, 0) is 43.0 Å². The van der Waals surface area contributed by atoms with Gasteiger partial charge in [-0.25, -0.2) is 4.98 Å². The molecule has 0 aliphatic carbocycles. The number of hydrogen-bond acceptors (Lipinski definition) is 2. The molecule has 0 spiro atoms. The number of unbranched alkanes of at least 4 members (excludes halogenated alkanes) is 1. The van der Waals surface area contributed by atoms with Crippen LogP contribution in [0.5, 0.6) is 5.75 Å². The number of aryl methyl sites for hydroxylation is 1. The van der Waals surface area contributed by atoms with Gasteiger partial charge in [0.25, 0.3) is 0 Å². The third-order valence-electron chi connectivity index (χ3n) is 2.79. The molecule has 0 aliphatic heterocycles. The van der Waals surface area contributed by atoms with Crippen LogP contribution in [0.2, 0.25) is 0 Å². The fraction of sp³-hybridized carbons (Fsp3) is 0.267. The van der Waals surface area contributed by atoms with Crippen LogP contribution in [0.3, 0.4) is 0 Å². The van der Waals surface area contributed by atoms with Gasteiger partial charge in [0.1, 0.15) is 5.75 Å². The SMILES string of the molecule is COc1cccc(CCCC=Cc2cnc[nH]2)c1. The third kappa shape index (κ3) is 3.77.